The van der Waals surface area contributed by atoms with Gasteiger partial charge in [0.15, 0.2) is 17.7 Å². The van der Waals surface area contributed by atoms with Crippen LogP contribution in [0.1, 0.15) is 53.9 Å². The molecule has 0 bridgehead atoms. The molecular formula is C33H29Cl3FNO4. The topological polar surface area (TPSA) is 64.6 Å². The smallest absolute Gasteiger partial charge is 0.329 e. The van der Waals surface area contributed by atoms with E-state index in [1.165, 1.54) is 12.1 Å². The molecule has 0 saturated carbocycles. The Morgan fingerprint density at radius 3 is 2.14 bits per heavy atom. The minimum atomic E-state index is -0.987. The molecule has 1 N–H and O–H groups in total. The molecule has 0 fully saturated rings. The lowest BCUT2D eigenvalue weighted by Crippen LogP contribution is -2.45. The van der Waals surface area contributed by atoms with Gasteiger partial charge in [0.2, 0.25) is 0 Å². The van der Waals surface area contributed by atoms with Gasteiger partial charge in [-0.1, -0.05) is 83.3 Å². The van der Waals surface area contributed by atoms with Gasteiger partial charge in [0.25, 0.3) is 5.91 Å². The minimum absolute atomic E-state index is 0.00837. The van der Waals surface area contributed by atoms with Gasteiger partial charge in [-0.05, 0) is 74.4 Å². The molecule has 1 amide bonds. The molecule has 9 heteroatoms. The summed E-state index contributed by atoms with van der Waals surface area (Å²) in [6.07, 6.45) is -0.598. The van der Waals surface area contributed by atoms with Crippen LogP contribution in [0.3, 0.4) is 0 Å². The maximum atomic E-state index is 15.4. The zero-order chi connectivity index (χ0) is 30.4. The van der Waals surface area contributed by atoms with Crippen LogP contribution in [0.15, 0.2) is 91.0 Å². The van der Waals surface area contributed by atoms with E-state index in [1.54, 1.807) is 63.2 Å². The first-order valence-corrected chi connectivity index (χ1v) is 14.3. The van der Waals surface area contributed by atoms with E-state index in [0.29, 0.717) is 26.2 Å². The van der Waals surface area contributed by atoms with Gasteiger partial charge >= 0.3 is 5.97 Å². The largest absolute Gasteiger partial charge is 0.478 e. The predicted octanol–water partition coefficient (Wildman–Crippen LogP) is 8.64. The van der Waals surface area contributed by atoms with Crippen LogP contribution in [0.25, 0.3) is 0 Å². The van der Waals surface area contributed by atoms with E-state index in [2.05, 4.69) is 5.32 Å². The Kier molecular flexibility index (Phi) is 10.2. The van der Waals surface area contributed by atoms with Gasteiger partial charge in [-0.3, -0.25) is 4.79 Å². The van der Waals surface area contributed by atoms with Gasteiger partial charge in [-0.25, -0.2) is 9.18 Å². The van der Waals surface area contributed by atoms with Gasteiger partial charge in [0, 0.05) is 32.6 Å². The Labute approximate surface area is 259 Å². The molecule has 5 nitrogen and oxygen atoms in total. The maximum Gasteiger partial charge on any atom is 0.329 e. The fourth-order valence-electron chi connectivity index (χ4n) is 4.18. The van der Waals surface area contributed by atoms with Gasteiger partial charge < -0.3 is 14.8 Å². The van der Waals surface area contributed by atoms with Crippen molar-refractivity contribution in [3.8, 4) is 5.75 Å². The number of hydrogen-bond acceptors (Lipinski definition) is 4. The third-order valence-electron chi connectivity index (χ3n) is 6.14. The normalized spacial score (nSPS) is 12.7. The van der Waals surface area contributed by atoms with Gasteiger partial charge in [-0.2, -0.15) is 0 Å². The SMILES string of the molecule is CC(C)(C)OC(=O)C(Cc1ccccc1)NC(=O)c1ccc(OC(c2ccc(Cl)cc2)c2ccc(Cl)cc2Cl)c(F)c1. The van der Waals surface area contributed by atoms with E-state index < -0.39 is 35.4 Å². The van der Waals surface area contributed by atoms with Crippen LogP contribution in [-0.2, 0) is 16.0 Å². The quantitative estimate of drug-likeness (QED) is 0.189. The van der Waals surface area contributed by atoms with E-state index in [-0.39, 0.29) is 17.7 Å². The molecule has 0 aliphatic rings. The van der Waals surface area contributed by atoms with Crippen LogP contribution in [0.2, 0.25) is 15.1 Å². The van der Waals surface area contributed by atoms with Crippen molar-refractivity contribution < 1.29 is 23.5 Å². The Balaban J connectivity index is 1.58. The Morgan fingerprint density at radius 2 is 1.52 bits per heavy atom. The summed E-state index contributed by atoms with van der Waals surface area (Å²) in [5.41, 5.74) is 1.32. The minimum Gasteiger partial charge on any atom is -0.478 e. The van der Waals surface area contributed by atoms with Crippen molar-refractivity contribution in [3.63, 3.8) is 0 Å². The second-order valence-corrected chi connectivity index (χ2v) is 11.9. The number of ether oxygens (including phenoxy) is 2. The van der Waals surface area contributed by atoms with Crippen LogP contribution in [0.5, 0.6) is 5.75 Å². The molecule has 2 unspecified atom stereocenters. The van der Waals surface area contributed by atoms with Crippen LogP contribution in [-0.4, -0.2) is 23.5 Å². The van der Waals surface area contributed by atoms with Gasteiger partial charge in [0.05, 0.1) is 0 Å². The summed E-state index contributed by atoms with van der Waals surface area (Å²) in [6.45, 7) is 5.23. The van der Waals surface area contributed by atoms with E-state index in [1.807, 2.05) is 30.3 Å². The average Bonchev–Trinajstić information content (AvgIpc) is 2.92. The van der Waals surface area contributed by atoms with Gasteiger partial charge in [-0.15, -0.1) is 0 Å². The molecule has 4 rings (SSSR count). The molecule has 42 heavy (non-hydrogen) atoms. The number of hydrogen-bond donors (Lipinski definition) is 1. The van der Waals surface area contributed by atoms with Crippen LogP contribution in [0, 0.1) is 5.82 Å². The molecule has 0 aliphatic heterocycles. The molecular weight excluding hydrogens is 600 g/mol. The first kappa shape index (κ1) is 31.4. The molecule has 0 saturated heterocycles. The molecule has 0 spiro atoms. The fourth-order valence-corrected chi connectivity index (χ4v) is 4.82. The summed E-state index contributed by atoms with van der Waals surface area (Å²) < 4.78 is 27.1. The van der Waals surface area contributed by atoms with Crippen LogP contribution >= 0.6 is 34.8 Å². The third-order valence-corrected chi connectivity index (χ3v) is 6.95. The number of esters is 1. The number of nitrogens with one attached hydrogen (secondary N) is 1. The Hall–Kier alpha value is -3.58. The summed E-state index contributed by atoms with van der Waals surface area (Å²) in [6, 6.07) is 23.9. The van der Waals surface area contributed by atoms with Crippen molar-refractivity contribution in [1.82, 2.24) is 5.32 Å². The number of halogens is 4. The van der Waals surface area contributed by atoms with E-state index in [0.717, 1.165) is 11.6 Å². The molecule has 0 aliphatic carbocycles. The fraction of sp³-hybridized carbons (Fsp3) is 0.212. The third kappa shape index (κ3) is 8.48. The second-order valence-electron chi connectivity index (χ2n) is 10.6. The number of carbonyl (C=O) groups excluding carboxylic acids is 2. The lowest BCUT2D eigenvalue weighted by atomic mass is 10.0. The monoisotopic (exact) mass is 627 g/mol. The lowest BCUT2D eigenvalue weighted by molar-refractivity contribution is -0.157. The number of amides is 1. The molecule has 0 heterocycles. The summed E-state index contributed by atoms with van der Waals surface area (Å²) >= 11 is 18.6. The van der Waals surface area contributed by atoms with E-state index in [9.17, 15) is 9.59 Å². The zero-order valence-corrected chi connectivity index (χ0v) is 25.4. The summed E-state index contributed by atoms with van der Waals surface area (Å²) in [4.78, 5) is 26.1. The van der Waals surface area contributed by atoms with Crippen molar-refractivity contribution in [3.05, 3.63) is 134 Å². The Bertz CT molecular complexity index is 1560. The molecule has 218 valence electrons. The summed E-state index contributed by atoms with van der Waals surface area (Å²) in [5, 5.41) is 4.00. The maximum absolute atomic E-state index is 15.4. The summed E-state index contributed by atoms with van der Waals surface area (Å²) in [5.74, 6) is -2.11. The number of rotatable bonds is 9. The highest BCUT2D eigenvalue weighted by atomic mass is 35.5. The molecule has 0 aromatic heterocycles. The first-order chi connectivity index (χ1) is 19.9. The van der Waals surface area contributed by atoms with Crippen molar-refractivity contribution in [1.29, 1.82) is 0 Å². The Morgan fingerprint density at radius 1 is 0.857 bits per heavy atom. The predicted molar refractivity (Wildman–Crippen MR) is 164 cm³/mol. The van der Waals surface area contributed by atoms with Gasteiger partial charge in [0.1, 0.15) is 11.6 Å². The van der Waals surface area contributed by atoms with Crippen molar-refractivity contribution in [2.24, 2.45) is 0 Å². The lowest BCUT2D eigenvalue weighted by Gasteiger charge is -2.25. The molecule has 0 radical (unpaired) electrons. The number of benzene rings is 4. The average molecular weight is 629 g/mol. The highest BCUT2D eigenvalue weighted by molar-refractivity contribution is 6.35. The molecule has 4 aromatic rings. The first-order valence-electron chi connectivity index (χ1n) is 13.1. The second kappa shape index (κ2) is 13.6. The van der Waals surface area contributed by atoms with Crippen molar-refractivity contribution >= 4 is 46.7 Å². The highest BCUT2D eigenvalue weighted by Gasteiger charge is 2.28. The van der Waals surface area contributed by atoms with Crippen LogP contribution < -0.4 is 10.1 Å². The molecule has 4 aromatic carbocycles. The summed E-state index contributed by atoms with van der Waals surface area (Å²) in [7, 11) is 0. The zero-order valence-electron chi connectivity index (χ0n) is 23.2. The van der Waals surface area contributed by atoms with E-state index in [4.69, 9.17) is 44.3 Å². The highest BCUT2D eigenvalue weighted by Crippen LogP contribution is 2.35. The van der Waals surface area contributed by atoms with E-state index >= 15 is 4.39 Å². The number of carbonyl (C=O) groups is 2. The van der Waals surface area contributed by atoms with Crippen molar-refractivity contribution in [2.75, 3.05) is 0 Å². The molecule has 2 atom stereocenters. The van der Waals surface area contributed by atoms with Crippen molar-refractivity contribution in [2.45, 2.75) is 44.9 Å². The van der Waals surface area contributed by atoms with Crippen LogP contribution in [0.4, 0.5) is 4.39 Å². The standard InChI is InChI=1S/C33H29Cl3FNO4/c1-33(2,3)42-32(40)28(17-20-7-5-4-6-8-20)38-31(39)22-11-16-29(27(37)18-22)41-30(21-9-12-23(34)13-10-21)25-15-14-24(35)19-26(25)36/h4-16,18-19,28,30H,17H2,1-3H3,(H,38,39).